The van der Waals surface area contributed by atoms with Gasteiger partial charge in [0, 0.05) is 19.7 Å². The van der Waals surface area contributed by atoms with Crippen molar-refractivity contribution < 1.29 is 4.74 Å². The fourth-order valence-corrected chi connectivity index (χ4v) is 1.74. The second-order valence-corrected chi connectivity index (χ2v) is 3.77. The summed E-state index contributed by atoms with van der Waals surface area (Å²) in [7, 11) is 0. The van der Waals surface area contributed by atoms with Crippen LogP contribution in [0.4, 0.5) is 0 Å². The molecule has 0 aromatic rings. The topological polar surface area (TPSA) is 12.5 Å². The van der Waals surface area contributed by atoms with E-state index in [9.17, 15) is 0 Å². The van der Waals surface area contributed by atoms with E-state index in [2.05, 4.69) is 25.7 Å². The predicted molar refractivity (Wildman–Crippen MR) is 51.1 cm³/mol. The van der Waals surface area contributed by atoms with Gasteiger partial charge >= 0.3 is 0 Å². The Hall–Kier alpha value is -0.0800. The first kappa shape index (κ1) is 10.0. The lowest BCUT2D eigenvalue weighted by molar-refractivity contribution is -0.0546. The summed E-state index contributed by atoms with van der Waals surface area (Å²) in [6, 6.07) is 0. The molecule has 1 aliphatic rings. The lowest BCUT2D eigenvalue weighted by Gasteiger charge is -2.34. The zero-order valence-corrected chi connectivity index (χ0v) is 8.55. The van der Waals surface area contributed by atoms with Gasteiger partial charge in [0.15, 0.2) is 0 Å². The molecule has 12 heavy (non-hydrogen) atoms. The molecule has 1 atom stereocenters. The Morgan fingerprint density at radius 1 is 1.42 bits per heavy atom. The number of nitrogens with zero attached hydrogens (tertiary/aromatic N) is 1. The Morgan fingerprint density at radius 3 is 2.50 bits per heavy atom. The molecular formula is C10H21NO. The molecule has 1 heterocycles. The van der Waals surface area contributed by atoms with Crippen molar-refractivity contribution in [3.8, 4) is 0 Å². The van der Waals surface area contributed by atoms with Gasteiger partial charge in [0.1, 0.15) is 6.23 Å². The van der Waals surface area contributed by atoms with Gasteiger partial charge in [-0.1, -0.05) is 6.92 Å². The highest BCUT2D eigenvalue weighted by Gasteiger charge is 2.19. The van der Waals surface area contributed by atoms with E-state index in [1.54, 1.807) is 0 Å². The van der Waals surface area contributed by atoms with Crippen LogP contribution in [-0.2, 0) is 4.74 Å². The highest BCUT2D eigenvalue weighted by atomic mass is 16.5. The Kier molecular flexibility index (Phi) is 4.02. The van der Waals surface area contributed by atoms with Gasteiger partial charge in [-0.05, 0) is 32.6 Å². The first-order chi connectivity index (χ1) is 5.74. The average molecular weight is 171 g/mol. The van der Waals surface area contributed by atoms with E-state index in [4.69, 9.17) is 4.74 Å². The molecule has 0 saturated carbocycles. The van der Waals surface area contributed by atoms with Crippen LogP contribution in [0.3, 0.4) is 0 Å². The Bertz CT molecular complexity index is 119. The maximum atomic E-state index is 5.54. The van der Waals surface area contributed by atoms with Crippen molar-refractivity contribution in [2.24, 2.45) is 5.92 Å². The Labute approximate surface area is 75.9 Å². The minimum Gasteiger partial charge on any atom is -0.364 e. The molecule has 2 nitrogen and oxygen atoms in total. The molecule has 0 radical (unpaired) electrons. The van der Waals surface area contributed by atoms with Crippen LogP contribution >= 0.6 is 0 Å². The molecule has 0 aromatic heterocycles. The quantitative estimate of drug-likeness (QED) is 0.645. The molecule has 1 fully saturated rings. The molecule has 0 spiro atoms. The van der Waals surface area contributed by atoms with E-state index >= 15 is 0 Å². The van der Waals surface area contributed by atoms with Crippen molar-refractivity contribution >= 4 is 0 Å². The fourth-order valence-electron chi connectivity index (χ4n) is 1.74. The predicted octanol–water partition coefficient (Wildman–Crippen LogP) is 2.10. The number of ether oxygens (including phenoxy) is 1. The van der Waals surface area contributed by atoms with Gasteiger partial charge in [-0.3, -0.25) is 4.90 Å². The summed E-state index contributed by atoms with van der Waals surface area (Å²) in [6.07, 6.45) is 2.98. The number of piperidine rings is 1. The summed E-state index contributed by atoms with van der Waals surface area (Å²) in [5.74, 6) is 0.912. The van der Waals surface area contributed by atoms with E-state index in [0.29, 0.717) is 6.23 Å². The summed E-state index contributed by atoms with van der Waals surface area (Å²) < 4.78 is 5.54. The van der Waals surface area contributed by atoms with E-state index in [-0.39, 0.29) is 0 Å². The van der Waals surface area contributed by atoms with Crippen molar-refractivity contribution in [3.63, 3.8) is 0 Å². The standard InChI is InChI=1S/C10H21NO/c1-4-12-10(3)11-7-5-9(2)6-8-11/h9-10H,4-8H2,1-3H3. The van der Waals surface area contributed by atoms with E-state index in [0.717, 1.165) is 12.5 Å². The minimum absolute atomic E-state index is 0.322. The average Bonchev–Trinajstić information content (AvgIpc) is 2.06. The molecule has 0 aliphatic carbocycles. The van der Waals surface area contributed by atoms with E-state index < -0.39 is 0 Å². The number of hydrogen-bond acceptors (Lipinski definition) is 2. The molecule has 0 aromatic carbocycles. The van der Waals surface area contributed by atoms with Crippen molar-refractivity contribution in [3.05, 3.63) is 0 Å². The van der Waals surface area contributed by atoms with Crippen LogP contribution in [0.25, 0.3) is 0 Å². The van der Waals surface area contributed by atoms with Crippen LogP contribution in [0.5, 0.6) is 0 Å². The van der Waals surface area contributed by atoms with Gasteiger partial charge in [0.05, 0.1) is 0 Å². The smallest absolute Gasteiger partial charge is 0.107 e. The van der Waals surface area contributed by atoms with Crippen molar-refractivity contribution in [1.82, 2.24) is 4.90 Å². The summed E-state index contributed by atoms with van der Waals surface area (Å²) in [4.78, 5) is 2.43. The van der Waals surface area contributed by atoms with Gasteiger partial charge < -0.3 is 4.74 Å². The molecule has 0 N–H and O–H groups in total. The van der Waals surface area contributed by atoms with Gasteiger partial charge in [-0.2, -0.15) is 0 Å². The normalized spacial score (nSPS) is 24.2. The third-order valence-electron chi connectivity index (χ3n) is 2.74. The molecular weight excluding hydrogens is 150 g/mol. The van der Waals surface area contributed by atoms with Crippen LogP contribution < -0.4 is 0 Å². The highest BCUT2D eigenvalue weighted by molar-refractivity contribution is 4.70. The summed E-state index contributed by atoms with van der Waals surface area (Å²) >= 11 is 0. The number of hydrogen-bond donors (Lipinski definition) is 0. The van der Waals surface area contributed by atoms with Crippen LogP contribution in [0, 0.1) is 5.92 Å². The van der Waals surface area contributed by atoms with Gasteiger partial charge in [-0.15, -0.1) is 0 Å². The summed E-state index contributed by atoms with van der Waals surface area (Å²) in [5.41, 5.74) is 0. The third kappa shape index (κ3) is 2.76. The maximum absolute atomic E-state index is 5.54. The molecule has 0 amide bonds. The second-order valence-electron chi connectivity index (χ2n) is 3.77. The Balaban J connectivity index is 2.24. The highest BCUT2D eigenvalue weighted by Crippen LogP contribution is 2.18. The molecule has 1 unspecified atom stereocenters. The van der Waals surface area contributed by atoms with E-state index in [1.165, 1.54) is 25.9 Å². The van der Waals surface area contributed by atoms with Gasteiger partial charge in [0.25, 0.3) is 0 Å². The fraction of sp³-hybridized carbons (Fsp3) is 1.00. The molecule has 1 saturated heterocycles. The van der Waals surface area contributed by atoms with Crippen molar-refractivity contribution in [1.29, 1.82) is 0 Å². The first-order valence-corrected chi connectivity index (χ1v) is 5.09. The Morgan fingerprint density at radius 2 is 2.00 bits per heavy atom. The largest absolute Gasteiger partial charge is 0.364 e. The lowest BCUT2D eigenvalue weighted by Crippen LogP contribution is -2.40. The minimum atomic E-state index is 0.322. The zero-order valence-electron chi connectivity index (χ0n) is 8.55. The summed E-state index contributed by atoms with van der Waals surface area (Å²) in [5, 5.41) is 0. The SMILES string of the molecule is CCOC(C)N1CCC(C)CC1. The molecule has 1 aliphatic heterocycles. The van der Waals surface area contributed by atoms with Crippen LogP contribution in [0.15, 0.2) is 0 Å². The molecule has 1 rings (SSSR count). The summed E-state index contributed by atoms with van der Waals surface area (Å²) in [6.45, 7) is 9.79. The van der Waals surface area contributed by atoms with Crippen molar-refractivity contribution in [2.45, 2.75) is 39.8 Å². The van der Waals surface area contributed by atoms with Crippen LogP contribution in [0.2, 0.25) is 0 Å². The lowest BCUT2D eigenvalue weighted by atomic mass is 9.99. The third-order valence-corrected chi connectivity index (χ3v) is 2.74. The van der Waals surface area contributed by atoms with Crippen LogP contribution in [-0.4, -0.2) is 30.8 Å². The van der Waals surface area contributed by atoms with Crippen molar-refractivity contribution in [2.75, 3.05) is 19.7 Å². The molecule has 2 heteroatoms. The molecule has 72 valence electrons. The number of rotatable bonds is 3. The van der Waals surface area contributed by atoms with Gasteiger partial charge in [0.2, 0.25) is 0 Å². The number of likely N-dealkylation sites (tertiary alicyclic amines) is 1. The van der Waals surface area contributed by atoms with Gasteiger partial charge in [-0.25, -0.2) is 0 Å². The zero-order chi connectivity index (χ0) is 8.97. The maximum Gasteiger partial charge on any atom is 0.107 e. The van der Waals surface area contributed by atoms with Crippen LogP contribution in [0.1, 0.15) is 33.6 Å². The first-order valence-electron chi connectivity index (χ1n) is 5.09. The monoisotopic (exact) mass is 171 g/mol. The van der Waals surface area contributed by atoms with E-state index in [1.807, 2.05) is 0 Å². The second kappa shape index (κ2) is 4.83. The molecule has 0 bridgehead atoms.